The van der Waals surface area contributed by atoms with E-state index >= 15 is 0 Å². The summed E-state index contributed by atoms with van der Waals surface area (Å²) in [4.78, 5) is 52.5. The Labute approximate surface area is 230 Å². The van der Waals surface area contributed by atoms with E-state index in [-0.39, 0.29) is 30.1 Å². The minimum Gasteiger partial charge on any atom is -0.381 e. The predicted molar refractivity (Wildman–Crippen MR) is 150 cm³/mol. The van der Waals surface area contributed by atoms with Gasteiger partial charge in [0, 0.05) is 38.6 Å². The number of imidazole rings is 1. The minimum absolute atomic E-state index is 0.0658. The first kappa shape index (κ1) is 28.7. The highest BCUT2D eigenvalue weighted by Crippen LogP contribution is 2.35. The number of ketones is 1. The van der Waals surface area contributed by atoms with Crippen LogP contribution in [0.5, 0.6) is 0 Å². The lowest BCUT2D eigenvalue weighted by atomic mass is 9.99. The van der Waals surface area contributed by atoms with E-state index in [4.69, 9.17) is 9.73 Å². The molecule has 3 heterocycles. The molecule has 0 radical (unpaired) electrons. The number of carbonyl (C=O) groups excluding carboxylic acids is 3. The van der Waals surface area contributed by atoms with E-state index < -0.39 is 5.66 Å². The summed E-state index contributed by atoms with van der Waals surface area (Å²) < 4.78 is 5.53. The van der Waals surface area contributed by atoms with E-state index in [0.29, 0.717) is 69.8 Å². The summed E-state index contributed by atoms with van der Waals surface area (Å²) in [7, 11) is 0. The second-order valence-corrected chi connectivity index (χ2v) is 10.4. The molecule has 1 aromatic heterocycles. The fourth-order valence-corrected chi connectivity index (χ4v) is 5.38. The smallest absolute Gasteiger partial charge is 0.269 e. The van der Waals surface area contributed by atoms with Gasteiger partial charge in [0.05, 0.1) is 31.1 Å². The lowest BCUT2D eigenvalue weighted by Crippen LogP contribution is -2.51. The van der Waals surface area contributed by atoms with E-state index in [1.165, 1.54) is 0 Å². The number of rotatable bonds is 14. The van der Waals surface area contributed by atoms with Crippen molar-refractivity contribution in [1.29, 1.82) is 0 Å². The zero-order valence-electron chi connectivity index (χ0n) is 23.2. The quantitative estimate of drug-likeness (QED) is 0.339. The molecule has 0 unspecified atom stereocenters. The molecular weight excluding hydrogens is 494 g/mol. The molecule has 9 nitrogen and oxygen atoms in total. The van der Waals surface area contributed by atoms with E-state index in [0.717, 1.165) is 30.5 Å². The maximum absolute atomic E-state index is 13.2. The first-order valence-corrected chi connectivity index (χ1v) is 14.4. The van der Waals surface area contributed by atoms with Gasteiger partial charge >= 0.3 is 0 Å². The molecule has 1 spiro atoms. The van der Waals surface area contributed by atoms with Gasteiger partial charge in [-0.3, -0.25) is 19.4 Å². The predicted octanol–water partition coefficient (Wildman–Crippen LogP) is 4.75. The van der Waals surface area contributed by atoms with E-state index in [9.17, 15) is 14.4 Å². The van der Waals surface area contributed by atoms with Gasteiger partial charge < -0.3 is 19.9 Å². The number of aromatic nitrogens is 2. The van der Waals surface area contributed by atoms with Crippen molar-refractivity contribution < 1.29 is 19.1 Å². The standard InChI is InChI=1S/C30H41N5O4/c1-3-23(36)13-9-6-10-14-25(28-31-21-26(33-28)22-11-7-5-8-12-22)32-27(37)15-18-35-29(38)24(4-2)34-30(35)16-19-39-20-17-30/h5,7-8,11-12,21,25H,3-4,6,9-10,13-20H2,1-2H3,(H,31,33)(H,32,37)/t25-/m0/s1. The van der Waals surface area contributed by atoms with Gasteiger partial charge in [0.2, 0.25) is 5.91 Å². The third-order valence-corrected chi connectivity index (χ3v) is 7.72. The molecule has 1 atom stereocenters. The third-order valence-electron chi connectivity index (χ3n) is 7.72. The van der Waals surface area contributed by atoms with Crippen molar-refractivity contribution in [3.05, 3.63) is 42.4 Å². The molecule has 0 bridgehead atoms. The Balaban J connectivity index is 1.40. The molecule has 2 aliphatic rings. The van der Waals surface area contributed by atoms with E-state index in [1.54, 1.807) is 11.1 Å². The van der Waals surface area contributed by atoms with Crippen LogP contribution in [0.4, 0.5) is 0 Å². The van der Waals surface area contributed by atoms with Crippen molar-refractivity contribution in [3.8, 4) is 11.3 Å². The lowest BCUT2D eigenvalue weighted by Gasteiger charge is -2.39. The van der Waals surface area contributed by atoms with Crippen molar-refractivity contribution in [1.82, 2.24) is 20.2 Å². The van der Waals surface area contributed by atoms with E-state index in [1.807, 2.05) is 44.2 Å². The highest BCUT2D eigenvalue weighted by atomic mass is 16.5. The molecule has 2 aliphatic heterocycles. The zero-order chi connectivity index (χ0) is 27.7. The zero-order valence-corrected chi connectivity index (χ0v) is 23.2. The number of hydrogen-bond acceptors (Lipinski definition) is 6. The van der Waals surface area contributed by atoms with Crippen molar-refractivity contribution in [2.24, 2.45) is 4.99 Å². The summed E-state index contributed by atoms with van der Waals surface area (Å²) in [6.45, 7) is 5.27. The number of carbonyl (C=O) groups is 3. The van der Waals surface area contributed by atoms with Gasteiger partial charge in [-0.15, -0.1) is 0 Å². The van der Waals surface area contributed by atoms with Crippen molar-refractivity contribution in [2.75, 3.05) is 19.8 Å². The molecule has 2 aromatic rings. The molecule has 4 rings (SSSR count). The Kier molecular flexibility index (Phi) is 10.0. The van der Waals surface area contributed by atoms with Crippen molar-refractivity contribution in [3.63, 3.8) is 0 Å². The van der Waals surface area contributed by atoms with Gasteiger partial charge in [-0.1, -0.05) is 57.0 Å². The fourth-order valence-electron chi connectivity index (χ4n) is 5.38. The van der Waals surface area contributed by atoms with Crippen LogP contribution >= 0.6 is 0 Å². The molecule has 1 saturated heterocycles. The Morgan fingerprint density at radius 2 is 1.87 bits per heavy atom. The van der Waals surface area contributed by atoms with Gasteiger partial charge in [0.25, 0.3) is 5.91 Å². The number of Topliss-reactive ketones (excluding diaryl/α,β-unsaturated/α-hetero) is 1. The summed E-state index contributed by atoms with van der Waals surface area (Å²) in [6, 6.07) is 9.67. The number of nitrogens with zero attached hydrogens (tertiary/aromatic N) is 3. The van der Waals surface area contributed by atoms with Gasteiger partial charge in [0.15, 0.2) is 0 Å². The minimum atomic E-state index is -0.581. The largest absolute Gasteiger partial charge is 0.381 e. The molecule has 0 saturated carbocycles. The first-order valence-electron chi connectivity index (χ1n) is 14.4. The molecule has 0 aliphatic carbocycles. The highest BCUT2D eigenvalue weighted by molar-refractivity contribution is 6.40. The summed E-state index contributed by atoms with van der Waals surface area (Å²) >= 11 is 0. The van der Waals surface area contributed by atoms with Gasteiger partial charge in [-0.25, -0.2) is 4.98 Å². The summed E-state index contributed by atoms with van der Waals surface area (Å²) in [5, 5.41) is 3.16. The Hall–Kier alpha value is -3.33. The number of unbranched alkanes of at least 4 members (excludes halogenated alkanes) is 2. The second kappa shape index (κ2) is 13.6. The van der Waals surface area contributed by atoms with Crippen LogP contribution in [0.15, 0.2) is 41.5 Å². The molecule has 9 heteroatoms. The molecule has 2 amide bonds. The molecule has 210 valence electrons. The summed E-state index contributed by atoms with van der Waals surface area (Å²) in [5.74, 6) is 0.802. The Bertz CT molecular complexity index is 1150. The molecule has 2 N–H and O–H groups in total. The number of hydrogen-bond donors (Lipinski definition) is 2. The number of benzene rings is 1. The van der Waals surface area contributed by atoms with Crippen LogP contribution in [-0.4, -0.2) is 63.6 Å². The molecule has 1 aromatic carbocycles. The number of aliphatic imine (C=N–C) groups is 1. The SMILES string of the molecule is CCC(=O)CCCCC[C@H](NC(=O)CCN1C(=O)C(CC)=NC12CCOCC2)c1ncc(-c2ccccc2)[nH]1. The number of ether oxygens (including phenoxy) is 1. The number of nitrogens with one attached hydrogen (secondary N) is 2. The van der Waals surface area contributed by atoms with Crippen LogP contribution in [0.1, 0.15) is 89.9 Å². The summed E-state index contributed by atoms with van der Waals surface area (Å²) in [6.07, 6.45) is 8.39. The number of H-pyrrole nitrogens is 1. The number of aromatic amines is 1. The van der Waals surface area contributed by atoms with Crippen LogP contribution in [0, 0.1) is 0 Å². The van der Waals surface area contributed by atoms with Crippen molar-refractivity contribution in [2.45, 2.75) is 89.8 Å². The number of amides is 2. The fraction of sp³-hybridized carbons (Fsp3) is 0.567. The van der Waals surface area contributed by atoms with Crippen LogP contribution in [-0.2, 0) is 19.1 Å². The maximum atomic E-state index is 13.2. The Morgan fingerprint density at radius 1 is 1.10 bits per heavy atom. The lowest BCUT2D eigenvalue weighted by molar-refractivity contribution is -0.132. The Morgan fingerprint density at radius 3 is 2.59 bits per heavy atom. The average Bonchev–Trinajstić information content (AvgIpc) is 3.55. The van der Waals surface area contributed by atoms with E-state index in [2.05, 4.69) is 15.3 Å². The molecular formula is C30H41N5O4. The maximum Gasteiger partial charge on any atom is 0.269 e. The highest BCUT2D eigenvalue weighted by Gasteiger charge is 2.47. The van der Waals surface area contributed by atoms with Gasteiger partial charge in [-0.2, -0.15) is 0 Å². The summed E-state index contributed by atoms with van der Waals surface area (Å²) in [5.41, 5.74) is 1.93. The van der Waals surface area contributed by atoms with Crippen molar-refractivity contribution >= 4 is 23.3 Å². The van der Waals surface area contributed by atoms with Crippen LogP contribution in [0.25, 0.3) is 11.3 Å². The molecule has 39 heavy (non-hydrogen) atoms. The van der Waals surface area contributed by atoms with Crippen LogP contribution in [0.2, 0.25) is 0 Å². The van der Waals surface area contributed by atoms with Gasteiger partial charge in [0.1, 0.15) is 23.0 Å². The second-order valence-electron chi connectivity index (χ2n) is 10.4. The topological polar surface area (TPSA) is 117 Å². The third kappa shape index (κ3) is 7.20. The first-order chi connectivity index (χ1) is 19.0. The normalized spacial score (nSPS) is 17.3. The van der Waals surface area contributed by atoms with Crippen LogP contribution < -0.4 is 5.32 Å². The van der Waals surface area contributed by atoms with Crippen LogP contribution in [0.3, 0.4) is 0 Å². The average molecular weight is 536 g/mol. The van der Waals surface area contributed by atoms with Gasteiger partial charge in [-0.05, 0) is 24.8 Å². The molecule has 1 fully saturated rings. The monoisotopic (exact) mass is 535 g/mol.